The van der Waals surface area contributed by atoms with E-state index in [0.29, 0.717) is 31.7 Å². The van der Waals surface area contributed by atoms with Crippen molar-refractivity contribution < 1.29 is 24.0 Å². The summed E-state index contributed by atoms with van der Waals surface area (Å²) in [4.78, 5) is 40.6. The number of benzene rings is 1. The first-order valence-corrected chi connectivity index (χ1v) is 8.91. The van der Waals surface area contributed by atoms with Crippen molar-refractivity contribution in [2.75, 3.05) is 25.5 Å². The van der Waals surface area contributed by atoms with Gasteiger partial charge in [0.05, 0.1) is 19.6 Å². The number of aryl methyl sites for hydroxylation is 1. The Morgan fingerprint density at radius 2 is 1.69 bits per heavy atom. The summed E-state index contributed by atoms with van der Waals surface area (Å²) in [7, 11) is 0. The van der Waals surface area contributed by atoms with E-state index >= 15 is 0 Å². The van der Waals surface area contributed by atoms with Gasteiger partial charge in [0.25, 0.3) is 0 Å². The molecule has 0 bridgehead atoms. The van der Waals surface area contributed by atoms with E-state index in [4.69, 9.17) is 15.3 Å². The Kier molecular flexibility index (Phi) is 10.0. The Bertz CT molecular complexity index is 586. The second kappa shape index (κ2) is 12.0. The quantitative estimate of drug-likeness (QED) is 0.347. The zero-order chi connectivity index (χ0) is 19.4. The summed E-state index contributed by atoms with van der Waals surface area (Å²) in [5.41, 5.74) is 7.35. The van der Waals surface area contributed by atoms with Crippen molar-refractivity contribution in [3.8, 4) is 0 Å². The van der Waals surface area contributed by atoms with Gasteiger partial charge in [-0.2, -0.15) is 0 Å². The Morgan fingerprint density at radius 3 is 2.31 bits per heavy atom. The number of hydrogen-bond donors (Lipinski definition) is 1. The third kappa shape index (κ3) is 8.62. The van der Waals surface area contributed by atoms with Crippen LogP contribution in [0.2, 0.25) is 0 Å². The monoisotopic (exact) mass is 364 g/mol. The van der Waals surface area contributed by atoms with Crippen LogP contribution in [0.1, 0.15) is 45.1 Å². The Balaban J connectivity index is 2.27. The first kappa shape index (κ1) is 21.6. The lowest BCUT2D eigenvalue weighted by Crippen LogP contribution is -2.32. The van der Waals surface area contributed by atoms with E-state index in [1.807, 2.05) is 12.1 Å². The van der Waals surface area contributed by atoms with Gasteiger partial charge in [-0.3, -0.25) is 19.2 Å². The number of nitrogens with two attached hydrogens (primary N) is 1. The van der Waals surface area contributed by atoms with Gasteiger partial charge in [-0.05, 0) is 38.0 Å². The number of hydroxylamine groups is 2. The lowest BCUT2D eigenvalue weighted by molar-refractivity contribution is -0.188. The standard InChI is InChI=1S/C19H28N2O5/c1-3-21(26-14-13-19(24)25-4-2)18(23)12-11-17(22)10-7-15-5-8-16(20)9-6-15/h5-6,8-9H,3-4,7,10-14,20H2,1-2H3. The predicted octanol–water partition coefficient (Wildman–Crippen LogP) is 2.28. The zero-order valence-corrected chi connectivity index (χ0v) is 15.5. The topological polar surface area (TPSA) is 98.9 Å². The van der Waals surface area contributed by atoms with Crippen molar-refractivity contribution in [3.63, 3.8) is 0 Å². The summed E-state index contributed by atoms with van der Waals surface area (Å²) in [5, 5.41) is 1.19. The van der Waals surface area contributed by atoms with E-state index < -0.39 is 0 Å². The van der Waals surface area contributed by atoms with Crippen LogP contribution >= 0.6 is 0 Å². The van der Waals surface area contributed by atoms with Crippen molar-refractivity contribution in [2.24, 2.45) is 0 Å². The molecule has 0 atom stereocenters. The molecule has 0 heterocycles. The number of ether oxygens (including phenoxy) is 1. The van der Waals surface area contributed by atoms with Gasteiger partial charge in [-0.1, -0.05) is 12.1 Å². The fourth-order valence-corrected chi connectivity index (χ4v) is 2.28. The molecule has 1 aromatic carbocycles. The minimum Gasteiger partial charge on any atom is -0.466 e. The number of carbonyl (C=O) groups excluding carboxylic acids is 3. The number of esters is 1. The lowest BCUT2D eigenvalue weighted by Gasteiger charge is -2.19. The maximum absolute atomic E-state index is 12.1. The smallest absolute Gasteiger partial charge is 0.308 e. The van der Waals surface area contributed by atoms with E-state index in [0.717, 1.165) is 5.56 Å². The van der Waals surface area contributed by atoms with Gasteiger partial charge < -0.3 is 10.5 Å². The van der Waals surface area contributed by atoms with Crippen molar-refractivity contribution in [1.29, 1.82) is 0 Å². The first-order chi connectivity index (χ1) is 12.5. The molecular weight excluding hydrogens is 336 g/mol. The molecule has 1 aromatic rings. The lowest BCUT2D eigenvalue weighted by atomic mass is 10.0. The maximum Gasteiger partial charge on any atom is 0.308 e. The molecule has 0 aliphatic carbocycles. The van der Waals surface area contributed by atoms with Crippen molar-refractivity contribution in [2.45, 2.75) is 46.0 Å². The van der Waals surface area contributed by atoms with Crippen molar-refractivity contribution in [3.05, 3.63) is 29.8 Å². The summed E-state index contributed by atoms with van der Waals surface area (Å²) >= 11 is 0. The molecule has 0 saturated carbocycles. The van der Waals surface area contributed by atoms with E-state index in [9.17, 15) is 14.4 Å². The summed E-state index contributed by atoms with van der Waals surface area (Å²) in [6, 6.07) is 7.39. The third-order valence-electron chi connectivity index (χ3n) is 3.71. The van der Waals surface area contributed by atoms with Gasteiger partial charge in [-0.15, -0.1) is 0 Å². The predicted molar refractivity (Wildman–Crippen MR) is 98.0 cm³/mol. The van der Waals surface area contributed by atoms with Crippen LogP contribution in [0.4, 0.5) is 5.69 Å². The second-order valence-electron chi connectivity index (χ2n) is 5.76. The highest BCUT2D eigenvalue weighted by Crippen LogP contribution is 2.10. The Hall–Kier alpha value is -2.41. The molecule has 2 N–H and O–H groups in total. The van der Waals surface area contributed by atoms with Gasteiger partial charge in [-0.25, -0.2) is 5.06 Å². The minimum absolute atomic E-state index is 0.0257. The number of hydrogen-bond acceptors (Lipinski definition) is 6. The number of ketones is 1. The molecule has 0 saturated heterocycles. The number of Topliss-reactive ketones (excluding diaryl/α,β-unsaturated/α-hetero) is 1. The number of anilines is 1. The molecule has 0 unspecified atom stereocenters. The number of amides is 1. The maximum atomic E-state index is 12.1. The molecule has 0 spiro atoms. The highest BCUT2D eigenvalue weighted by Gasteiger charge is 2.15. The molecule has 0 aromatic heterocycles. The molecule has 0 fully saturated rings. The average Bonchev–Trinajstić information content (AvgIpc) is 2.63. The first-order valence-electron chi connectivity index (χ1n) is 8.91. The summed E-state index contributed by atoms with van der Waals surface area (Å²) in [6.07, 6.45) is 1.35. The molecule has 0 radical (unpaired) electrons. The fourth-order valence-electron chi connectivity index (χ4n) is 2.28. The number of rotatable bonds is 12. The molecule has 7 nitrogen and oxygen atoms in total. The van der Waals surface area contributed by atoms with Crippen LogP contribution in [0, 0.1) is 0 Å². The minimum atomic E-state index is -0.367. The highest BCUT2D eigenvalue weighted by atomic mass is 16.7. The Labute approximate surface area is 154 Å². The van der Waals surface area contributed by atoms with Gasteiger partial charge in [0.15, 0.2) is 0 Å². The van der Waals surface area contributed by atoms with E-state index in [1.54, 1.807) is 26.0 Å². The zero-order valence-electron chi connectivity index (χ0n) is 15.5. The van der Waals surface area contributed by atoms with E-state index in [1.165, 1.54) is 5.06 Å². The number of carbonyl (C=O) groups is 3. The number of nitrogens with zero attached hydrogens (tertiary/aromatic N) is 1. The van der Waals surface area contributed by atoms with Crippen LogP contribution in [-0.4, -0.2) is 42.5 Å². The summed E-state index contributed by atoms with van der Waals surface area (Å²) in [5.74, 6) is -0.608. The third-order valence-corrected chi connectivity index (χ3v) is 3.71. The van der Waals surface area contributed by atoms with Crippen LogP contribution in [0.15, 0.2) is 24.3 Å². The van der Waals surface area contributed by atoms with Crippen molar-refractivity contribution in [1.82, 2.24) is 5.06 Å². The molecule has 26 heavy (non-hydrogen) atoms. The van der Waals surface area contributed by atoms with E-state index in [-0.39, 0.29) is 43.5 Å². The number of nitrogen functional groups attached to an aromatic ring is 1. The van der Waals surface area contributed by atoms with Gasteiger partial charge in [0.2, 0.25) is 5.91 Å². The largest absolute Gasteiger partial charge is 0.466 e. The summed E-state index contributed by atoms with van der Waals surface area (Å²) < 4.78 is 4.79. The molecule has 1 amide bonds. The fraction of sp³-hybridized carbons (Fsp3) is 0.526. The average molecular weight is 364 g/mol. The van der Waals surface area contributed by atoms with Crippen LogP contribution in [0.25, 0.3) is 0 Å². The van der Waals surface area contributed by atoms with Crippen LogP contribution in [0.5, 0.6) is 0 Å². The van der Waals surface area contributed by atoms with Gasteiger partial charge in [0, 0.05) is 31.5 Å². The van der Waals surface area contributed by atoms with Gasteiger partial charge in [0.1, 0.15) is 5.78 Å². The molecule has 7 heteroatoms. The van der Waals surface area contributed by atoms with Crippen LogP contribution in [-0.2, 0) is 30.4 Å². The SMILES string of the molecule is CCOC(=O)CCON(CC)C(=O)CCC(=O)CCc1ccc(N)cc1. The molecule has 144 valence electrons. The van der Waals surface area contributed by atoms with Gasteiger partial charge >= 0.3 is 5.97 Å². The summed E-state index contributed by atoms with van der Waals surface area (Å²) in [6.45, 7) is 4.23. The van der Waals surface area contributed by atoms with Crippen molar-refractivity contribution >= 4 is 23.3 Å². The van der Waals surface area contributed by atoms with Crippen LogP contribution in [0.3, 0.4) is 0 Å². The molecular formula is C19H28N2O5. The highest BCUT2D eigenvalue weighted by molar-refractivity contribution is 5.84. The molecule has 0 aliphatic rings. The van der Waals surface area contributed by atoms with E-state index in [2.05, 4.69) is 0 Å². The Morgan fingerprint density at radius 1 is 1.00 bits per heavy atom. The molecule has 0 aliphatic heterocycles. The normalized spacial score (nSPS) is 10.4. The second-order valence-corrected chi connectivity index (χ2v) is 5.76. The van der Waals surface area contributed by atoms with Crippen LogP contribution < -0.4 is 5.73 Å². The molecule has 1 rings (SSSR count).